The molecule has 0 amide bonds. The van der Waals surface area contributed by atoms with Crippen LogP contribution in [0.2, 0.25) is 0 Å². The predicted molar refractivity (Wildman–Crippen MR) is 74.7 cm³/mol. The van der Waals surface area contributed by atoms with Gasteiger partial charge in [-0.1, -0.05) is 0 Å². The Balaban J connectivity index is 1.77. The Kier molecular flexibility index (Phi) is 4.78. The first-order chi connectivity index (χ1) is 8.68. The van der Waals surface area contributed by atoms with Gasteiger partial charge < -0.3 is 10.2 Å². The third-order valence-corrected chi connectivity index (χ3v) is 3.80. The highest BCUT2D eigenvalue weighted by molar-refractivity contribution is 5.24. The average molecular weight is 250 g/mol. The van der Waals surface area contributed by atoms with Crippen molar-refractivity contribution >= 4 is 0 Å². The highest BCUT2D eigenvalue weighted by Crippen LogP contribution is 2.28. The van der Waals surface area contributed by atoms with Crippen LogP contribution in [-0.4, -0.2) is 41.9 Å². The van der Waals surface area contributed by atoms with Crippen molar-refractivity contribution in [1.82, 2.24) is 20.0 Å². The van der Waals surface area contributed by atoms with Gasteiger partial charge in [0, 0.05) is 24.3 Å². The number of aryl methyl sites for hydroxylation is 1. The van der Waals surface area contributed by atoms with E-state index in [1.54, 1.807) is 0 Å². The fourth-order valence-corrected chi connectivity index (χ4v) is 2.75. The Bertz CT molecular complexity index is 370. The van der Waals surface area contributed by atoms with E-state index in [9.17, 15) is 0 Å². The lowest BCUT2D eigenvalue weighted by atomic mass is 9.93. The van der Waals surface area contributed by atoms with Gasteiger partial charge in [-0.3, -0.25) is 4.68 Å². The number of fused-ring (bicyclic) bond motifs is 1. The molecule has 0 bridgehead atoms. The second-order valence-corrected chi connectivity index (χ2v) is 5.58. The van der Waals surface area contributed by atoms with Crippen LogP contribution in [-0.2, 0) is 13.5 Å². The van der Waals surface area contributed by atoms with Gasteiger partial charge in [-0.05, 0) is 59.3 Å². The molecule has 1 atom stereocenters. The largest absolute Gasteiger partial charge is 0.310 e. The van der Waals surface area contributed by atoms with Crippen molar-refractivity contribution in [2.24, 2.45) is 7.05 Å². The maximum absolute atomic E-state index is 4.39. The number of aromatic nitrogens is 2. The molecule has 0 spiro atoms. The molecule has 102 valence electrons. The summed E-state index contributed by atoms with van der Waals surface area (Å²) in [7, 11) is 6.32. The van der Waals surface area contributed by atoms with E-state index in [1.807, 2.05) is 10.9 Å². The normalized spacial score (nSPS) is 19.2. The van der Waals surface area contributed by atoms with Crippen LogP contribution in [0.1, 0.15) is 43.0 Å². The van der Waals surface area contributed by atoms with Gasteiger partial charge in [0.15, 0.2) is 0 Å². The minimum Gasteiger partial charge on any atom is -0.310 e. The topological polar surface area (TPSA) is 33.1 Å². The Hall–Kier alpha value is -0.870. The van der Waals surface area contributed by atoms with Crippen LogP contribution in [0, 0.1) is 0 Å². The van der Waals surface area contributed by atoms with E-state index in [0.717, 1.165) is 6.54 Å². The molecule has 0 aromatic carbocycles. The molecule has 0 fully saturated rings. The number of unbranched alkanes of at least 4 members (excludes halogenated alkanes) is 1. The molecule has 2 rings (SSSR count). The zero-order valence-corrected chi connectivity index (χ0v) is 11.9. The van der Waals surface area contributed by atoms with Crippen molar-refractivity contribution in [2.45, 2.75) is 38.1 Å². The molecule has 4 heteroatoms. The lowest BCUT2D eigenvalue weighted by molar-refractivity contribution is 0.382. The summed E-state index contributed by atoms with van der Waals surface area (Å²) in [6.07, 6.45) is 8.29. The summed E-state index contributed by atoms with van der Waals surface area (Å²) in [6.45, 7) is 2.30. The lowest BCUT2D eigenvalue weighted by Crippen LogP contribution is -2.26. The maximum atomic E-state index is 4.39. The van der Waals surface area contributed by atoms with Crippen LogP contribution < -0.4 is 5.32 Å². The van der Waals surface area contributed by atoms with Crippen molar-refractivity contribution in [2.75, 3.05) is 27.2 Å². The van der Waals surface area contributed by atoms with Gasteiger partial charge in [0.25, 0.3) is 0 Å². The summed E-state index contributed by atoms with van der Waals surface area (Å²) >= 11 is 0. The molecule has 1 heterocycles. The minimum absolute atomic E-state index is 0.529. The van der Waals surface area contributed by atoms with E-state index in [1.165, 1.54) is 49.9 Å². The molecule has 1 aromatic rings. The summed E-state index contributed by atoms with van der Waals surface area (Å²) < 4.78 is 2.04. The highest BCUT2D eigenvalue weighted by Gasteiger charge is 2.22. The number of hydrogen-bond acceptors (Lipinski definition) is 3. The van der Waals surface area contributed by atoms with Crippen molar-refractivity contribution in [3.05, 3.63) is 17.5 Å². The van der Waals surface area contributed by atoms with Crippen LogP contribution in [0.25, 0.3) is 0 Å². The fraction of sp³-hybridized carbons (Fsp3) is 0.786. The predicted octanol–water partition coefficient (Wildman–Crippen LogP) is 1.73. The zero-order chi connectivity index (χ0) is 13.0. The summed E-state index contributed by atoms with van der Waals surface area (Å²) in [5.74, 6) is 0. The SMILES string of the molecule is CN(C)CCCCNC1CCCc2c1cnn2C. The number of hydrogen-bond donors (Lipinski definition) is 1. The smallest absolute Gasteiger partial charge is 0.0540 e. The molecule has 18 heavy (non-hydrogen) atoms. The highest BCUT2D eigenvalue weighted by atomic mass is 15.3. The van der Waals surface area contributed by atoms with Gasteiger partial charge in [0.05, 0.1) is 6.20 Å². The standard InChI is InChI=1S/C14H26N4/c1-17(2)10-5-4-9-15-13-7-6-8-14-12(13)11-16-18(14)3/h11,13,15H,4-10H2,1-3H3. The number of nitrogens with zero attached hydrogens (tertiary/aromatic N) is 3. The van der Waals surface area contributed by atoms with Crippen LogP contribution in [0.4, 0.5) is 0 Å². The molecule has 1 unspecified atom stereocenters. The third kappa shape index (κ3) is 3.33. The van der Waals surface area contributed by atoms with E-state index in [2.05, 4.69) is 36.5 Å². The fourth-order valence-electron chi connectivity index (χ4n) is 2.75. The first-order valence-corrected chi connectivity index (χ1v) is 7.07. The van der Waals surface area contributed by atoms with Gasteiger partial charge >= 0.3 is 0 Å². The molecule has 0 radical (unpaired) electrons. The van der Waals surface area contributed by atoms with E-state index < -0.39 is 0 Å². The van der Waals surface area contributed by atoms with E-state index in [-0.39, 0.29) is 0 Å². The van der Waals surface area contributed by atoms with Gasteiger partial charge in [0.1, 0.15) is 0 Å². The Morgan fingerprint density at radius 2 is 2.28 bits per heavy atom. The molecule has 1 aromatic heterocycles. The molecule has 0 saturated heterocycles. The molecule has 0 aliphatic heterocycles. The zero-order valence-electron chi connectivity index (χ0n) is 11.9. The molecular formula is C14H26N4. The van der Waals surface area contributed by atoms with Crippen molar-refractivity contribution in [3.63, 3.8) is 0 Å². The van der Waals surface area contributed by atoms with E-state index in [4.69, 9.17) is 0 Å². The van der Waals surface area contributed by atoms with Crippen LogP contribution in [0.5, 0.6) is 0 Å². The van der Waals surface area contributed by atoms with Gasteiger partial charge in [-0.15, -0.1) is 0 Å². The van der Waals surface area contributed by atoms with Crippen LogP contribution in [0.15, 0.2) is 6.20 Å². The van der Waals surface area contributed by atoms with E-state index in [0.29, 0.717) is 6.04 Å². The van der Waals surface area contributed by atoms with Crippen LogP contribution in [0.3, 0.4) is 0 Å². The first kappa shape index (κ1) is 13.6. The van der Waals surface area contributed by atoms with E-state index >= 15 is 0 Å². The summed E-state index contributed by atoms with van der Waals surface area (Å²) in [5.41, 5.74) is 2.85. The molecule has 4 nitrogen and oxygen atoms in total. The van der Waals surface area contributed by atoms with Gasteiger partial charge in [0.2, 0.25) is 0 Å². The minimum atomic E-state index is 0.529. The molecule has 1 aliphatic rings. The first-order valence-electron chi connectivity index (χ1n) is 7.07. The lowest BCUT2D eigenvalue weighted by Gasteiger charge is -2.24. The van der Waals surface area contributed by atoms with Crippen molar-refractivity contribution in [1.29, 1.82) is 0 Å². The van der Waals surface area contributed by atoms with Crippen molar-refractivity contribution in [3.8, 4) is 0 Å². The Labute approximate surface area is 110 Å². The quantitative estimate of drug-likeness (QED) is 0.781. The molecular weight excluding hydrogens is 224 g/mol. The summed E-state index contributed by atoms with van der Waals surface area (Å²) in [5, 5.41) is 8.08. The molecule has 1 N–H and O–H groups in total. The van der Waals surface area contributed by atoms with Crippen LogP contribution >= 0.6 is 0 Å². The third-order valence-electron chi connectivity index (χ3n) is 3.80. The second kappa shape index (κ2) is 6.34. The molecule has 1 aliphatic carbocycles. The summed E-state index contributed by atoms with van der Waals surface area (Å²) in [4.78, 5) is 2.25. The number of rotatable bonds is 6. The maximum Gasteiger partial charge on any atom is 0.0540 e. The molecule has 0 saturated carbocycles. The average Bonchev–Trinajstić information content (AvgIpc) is 2.71. The van der Waals surface area contributed by atoms with Gasteiger partial charge in [-0.25, -0.2) is 0 Å². The Morgan fingerprint density at radius 3 is 3.06 bits per heavy atom. The Morgan fingerprint density at radius 1 is 1.44 bits per heavy atom. The number of nitrogens with one attached hydrogen (secondary N) is 1. The summed E-state index contributed by atoms with van der Waals surface area (Å²) in [6, 6.07) is 0.529. The monoisotopic (exact) mass is 250 g/mol. The van der Waals surface area contributed by atoms with Gasteiger partial charge in [-0.2, -0.15) is 5.10 Å². The second-order valence-electron chi connectivity index (χ2n) is 5.58. The van der Waals surface area contributed by atoms with Crippen molar-refractivity contribution < 1.29 is 0 Å².